The molecule has 28 heavy (non-hydrogen) atoms. The molecule has 0 saturated heterocycles. The molecule has 0 bridgehead atoms. The van der Waals surface area contributed by atoms with Crippen molar-refractivity contribution in [2.45, 2.75) is 40.7 Å². The Morgan fingerprint density at radius 3 is 2.43 bits per heavy atom. The lowest BCUT2D eigenvalue weighted by Crippen LogP contribution is -2.16. The molecule has 1 aromatic carbocycles. The van der Waals surface area contributed by atoms with Crippen molar-refractivity contribution in [1.29, 1.82) is 0 Å². The van der Waals surface area contributed by atoms with Gasteiger partial charge in [0.05, 0.1) is 0 Å². The molecule has 2 heterocycles. The average Bonchev–Trinajstić information content (AvgIpc) is 3.19. The van der Waals surface area contributed by atoms with Gasteiger partial charge < -0.3 is 13.8 Å². The van der Waals surface area contributed by atoms with Crippen LogP contribution in [0.15, 0.2) is 40.9 Å². The van der Waals surface area contributed by atoms with Crippen LogP contribution in [0.5, 0.6) is 0 Å². The van der Waals surface area contributed by atoms with E-state index in [0.29, 0.717) is 17.0 Å². The van der Waals surface area contributed by atoms with Gasteiger partial charge in [0, 0.05) is 28.6 Å². The van der Waals surface area contributed by atoms with Crippen LogP contribution in [0, 0.1) is 20.8 Å². The SMILES string of the molecule is Cc1onc(-c2ccccc2)c1C(=O)OCC(=O)c1cc(C)n(C(C)C)c1C. The Kier molecular flexibility index (Phi) is 5.49. The van der Waals surface area contributed by atoms with Crippen molar-refractivity contribution in [2.24, 2.45) is 0 Å². The Balaban J connectivity index is 1.78. The zero-order chi connectivity index (χ0) is 20.4. The number of rotatable bonds is 6. The molecular weight excluding hydrogens is 356 g/mol. The number of ketones is 1. The zero-order valence-corrected chi connectivity index (χ0v) is 16.8. The van der Waals surface area contributed by atoms with Crippen LogP contribution in [-0.2, 0) is 4.74 Å². The molecule has 0 amide bonds. The molecule has 0 fully saturated rings. The van der Waals surface area contributed by atoms with E-state index < -0.39 is 5.97 Å². The predicted octanol–water partition coefficient (Wildman–Crippen LogP) is 4.69. The van der Waals surface area contributed by atoms with Gasteiger partial charge in [-0.2, -0.15) is 0 Å². The largest absolute Gasteiger partial charge is 0.454 e. The fraction of sp³-hybridized carbons (Fsp3) is 0.318. The topological polar surface area (TPSA) is 74.3 Å². The summed E-state index contributed by atoms with van der Waals surface area (Å²) in [6.07, 6.45) is 0. The van der Waals surface area contributed by atoms with Crippen molar-refractivity contribution in [3.8, 4) is 11.3 Å². The van der Waals surface area contributed by atoms with Gasteiger partial charge in [-0.15, -0.1) is 0 Å². The predicted molar refractivity (Wildman–Crippen MR) is 106 cm³/mol. The number of hydrogen-bond acceptors (Lipinski definition) is 5. The summed E-state index contributed by atoms with van der Waals surface area (Å²) in [6, 6.07) is 11.3. The molecule has 0 N–H and O–H groups in total. The number of ether oxygens (including phenoxy) is 1. The van der Waals surface area contributed by atoms with Gasteiger partial charge in [-0.1, -0.05) is 35.5 Å². The Bertz CT molecular complexity index is 1010. The van der Waals surface area contributed by atoms with Crippen molar-refractivity contribution in [2.75, 3.05) is 6.61 Å². The van der Waals surface area contributed by atoms with E-state index in [0.717, 1.165) is 17.0 Å². The highest BCUT2D eigenvalue weighted by Gasteiger charge is 2.25. The van der Waals surface area contributed by atoms with E-state index in [1.165, 1.54) is 0 Å². The Labute approximate surface area is 164 Å². The fourth-order valence-corrected chi connectivity index (χ4v) is 3.54. The van der Waals surface area contributed by atoms with Crippen LogP contribution < -0.4 is 0 Å². The van der Waals surface area contributed by atoms with E-state index in [1.807, 2.05) is 50.2 Å². The molecule has 0 radical (unpaired) electrons. The molecule has 3 rings (SSSR count). The number of aryl methyl sites for hydroxylation is 2. The molecule has 3 aromatic rings. The van der Waals surface area contributed by atoms with Crippen LogP contribution >= 0.6 is 0 Å². The van der Waals surface area contributed by atoms with Crippen molar-refractivity contribution in [3.63, 3.8) is 0 Å². The maximum absolute atomic E-state index is 12.6. The van der Waals surface area contributed by atoms with E-state index in [2.05, 4.69) is 23.6 Å². The van der Waals surface area contributed by atoms with E-state index in [9.17, 15) is 9.59 Å². The Hall–Kier alpha value is -3.15. The van der Waals surface area contributed by atoms with Gasteiger partial charge >= 0.3 is 5.97 Å². The van der Waals surface area contributed by atoms with E-state index >= 15 is 0 Å². The first-order chi connectivity index (χ1) is 13.3. The monoisotopic (exact) mass is 380 g/mol. The number of hydrogen-bond donors (Lipinski definition) is 0. The number of esters is 1. The minimum absolute atomic E-state index is 0.233. The van der Waals surface area contributed by atoms with Crippen LogP contribution in [0.1, 0.15) is 57.8 Å². The first-order valence-electron chi connectivity index (χ1n) is 9.21. The van der Waals surface area contributed by atoms with Gasteiger partial charge in [0.2, 0.25) is 5.78 Å². The molecule has 6 heteroatoms. The van der Waals surface area contributed by atoms with Gasteiger partial charge in [0.1, 0.15) is 17.0 Å². The molecular formula is C22H24N2O4. The van der Waals surface area contributed by atoms with Crippen LogP contribution in [0.25, 0.3) is 11.3 Å². The maximum atomic E-state index is 12.6. The number of aromatic nitrogens is 2. The third kappa shape index (κ3) is 3.63. The number of carbonyl (C=O) groups is 2. The number of nitrogens with zero attached hydrogens (tertiary/aromatic N) is 2. The van der Waals surface area contributed by atoms with Crippen molar-refractivity contribution in [1.82, 2.24) is 9.72 Å². The van der Waals surface area contributed by atoms with Crippen LogP contribution in [-0.4, -0.2) is 28.1 Å². The van der Waals surface area contributed by atoms with E-state index in [-0.39, 0.29) is 24.0 Å². The standard InChI is InChI=1S/C22H24N2O4/c1-13(2)24-14(3)11-18(15(24)4)19(25)12-27-22(26)20-16(5)28-23-21(20)17-9-7-6-8-10-17/h6-11,13H,12H2,1-5H3. The highest BCUT2D eigenvalue weighted by atomic mass is 16.5. The second-order valence-electron chi connectivity index (χ2n) is 7.08. The first kappa shape index (κ1) is 19.6. The van der Waals surface area contributed by atoms with Gasteiger partial charge in [0.15, 0.2) is 6.61 Å². The van der Waals surface area contributed by atoms with Gasteiger partial charge in [-0.3, -0.25) is 4.79 Å². The summed E-state index contributed by atoms with van der Waals surface area (Å²) in [7, 11) is 0. The van der Waals surface area contributed by atoms with Crippen LogP contribution in [0.4, 0.5) is 0 Å². The number of benzene rings is 1. The molecule has 0 aliphatic rings. The molecule has 6 nitrogen and oxygen atoms in total. The molecule has 0 atom stereocenters. The van der Waals surface area contributed by atoms with Crippen LogP contribution in [0.2, 0.25) is 0 Å². The number of carbonyl (C=O) groups excluding carboxylic acids is 2. The van der Waals surface area contributed by atoms with E-state index in [4.69, 9.17) is 9.26 Å². The zero-order valence-electron chi connectivity index (χ0n) is 16.8. The second kappa shape index (κ2) is 7.84. The lowest BCUT2D eigenvalue weighted by atomic mass is 10.1. The summed E-state index contributed by atoms with van der Waals surface area (Å²) in [6.45, 7) is 9.30. The van der Waals surface area contributed by atoms with Crippen molar-refractivity contribution < 1.29 is 18.8 Å². The summed E-state index contributed by atoms with van der Waals surface area (Å²) in [5.74, 6) is -0.498. The van der Waals surface area contributed by atoms with Gasteiger partial charge in [-0.05, 0) is 40.7 Å². The molecule has 0 aliphatic heterocycles. The van der Waals surface area contributed by atoms with Gasteiger partial charge in [0.25, 0.3) is 0 Å². The Morgan fingerprint density at radius 2 is 1.82 bits per heavy atom. The molecule has 0 saturated carbocycles. The highest BCUT2D eigenvalue weighted by molar-refractivity contribution is 6.02. The normalized spacial score (nSPS) is 11.1. The minimum atomic E-state index is -0.622. The van der Waals surface area contributed by atoms with Crippen LogP contribution in [0.3, 0.4) is 0 Å². The highest BCUT2D eigenvalue weighted by Crippen LogP contribution is 2.26. The lowest BCUT2D eigenvalue weighted by Gasteiger charge is -2.13. The fourth-order valence-electron chi connectivity index (χ4n) is 3.54. The summed E-state index contributed by atoms with van der Waals surface area (Å²) in [4.78, 5) is 25.3. The third-order valence-electron chi connectivity index (χ3n) is 4.75. The third-order valence-corrected chi connectivity index (χ3v) is 4.75. The second-order valence-corrected chi connectivity index (χ2v) is 7.08. The molecule has 0 unspecified atom stereocenters. The molecule has 0 spiro atoms. The van der Waals surface area contributed by atoms with Crippen molar-refractivity contribution in [3.05, 3.63) is 64.7 Å². The quantitative estimate of drug-likeness (QED) is 0.458. The van der Waals surface area contributed by atoms with Gasteiger partial charge in [-0.25, -0.2) is 4.79 Å². The molecule has 0 aliphatic carbocycles. The smallest absolute Gasteiger partial charge is 0.344 e. The lowest BCUT2D eigenvalue weighted by molar-refractivity contribution is 0.0473. The minimum Gasteiger partial charge on any atom is -0.454 e. The summed E-state index contributed by atoms with van der Waals surface area (Å²) < 4.78 is 12.6. The molecule has 2 aromatic heterocycles. The van der Waals surface area contributed by atoms with Crippen molar-refractivity contribution >= 4 is 11.8 Å². The first-order valence-corrected chi connectivity index (χ1v) is 9.21. The summed E-state index contributed by atoms with van der Waals surface area (Å²) in [5.41, 5.74) is 3.85. The average molecular weight is 380 g/mol. The molecule has 146 valence electrons. The maximum Gasteiger partial charge on any atom is 0.344 e. The van der Waals surface area contributed by atoms with E-state index in [1.54, 1.807) is 6.92 Å². The number of Topliss-reactive ketones (excluding diaryl/α,β-unsaturated/α-hetero) is 1. The Morgan fingerprint density at radius 1 is 1.14 bits per heavy atom. The summed E-state index contributed by atoms with van der Waals surface area (Å²) in [5, 5.41) is 3.98. The summed E-state index contributed by atoms with van der Waals surface area (Å²) >= 11 is 0.